The van der Waals surface area contributed by atoms with Crippen LogP contribution < -0.4 is 0 Å². The summed E-state index contributed by atoms with van der Waals surface area (Å²) in [5.74, 6) is -0.142. The molecule has 0 aliphatic carbocycles. The predicted octanol–water partition coefficient (Wildman–Crippen LogP) is 1.39. The summed E-state index contributed by atoms with van der Waals surface area (Å²) in [7, 11) is -3.56. The first-order chi connectivity index (χ1) is 13.2. The van der Waals surface area contributed by atoms with Crippen LogP contribution in [-0.2, 0) is 19.6 Å². The summed E-state index contributed by atoms with van der Waals surface area (Å²) < 4.78 is 27.5. The van der Waals surface area contributed by atoms with Gasteiger partial charge in [0.05, 0.1) is 10.8 Å². The number of hydrogen-bond donors (Lipinski definition) is 0. The lowest BCUT2D eigenvalue weighted by molar-refractivity contribution is -0.141. The minimum Gasteiger partial charge on any atom is -0.342 e. The third kappa shape index (κ3) is 4.22. The summed E-state index contributed by atoms with van der Waals surface area (Å²) in [5, 5.41) is 0. The molecule has 2 saturated heterocycles. The molecule has 154 valence electrons. The van der Waals surface area contributed by atoms with Gasteiger partial charge in [-0.3, -0.25) is 9.59 Å². The van der Waals surface area contributed by atoms with Gasteiger partial charge < -0.3 is 9.80 Å². The zero-order valence-corrected chi connectivity index (χ0v) is 17.7. The molecule has 8 heteroatoms. The number of benzene rings is 1. The van der Waals surface area contributed by atoms with Crippen molar-refractivity contribution in [3.8, 4) is 0 Å². The van der Waals surface area contributed by atoms with Crippen LogP contribution in [-0.4, -0.2) is 73.6 Å². The fourth-order valence-corrected chi connectivity index (χ4v) is 5.73. The Morgan fingerprint density at radius 3 is 2.29 bits per heavy atom. The Balaban J connectivity index is 1.64. The first-order valence-electron chi connectivity index (χ1n) is 9.82. The predicted molar refractivity (Wildman–Crippen MR) is 106 cm³/mol. The van der Waals surface area contributed by atoms with Gasteiger partial charge in [-0.15, -0.1) is 0 Å². The molecule has 1 aromatic carbocycles. The van der Waals surface area contributed by atoms with E-state index in [1.165, 1.54) is 11.2 Å². The lowest BCUT2D eigenvalue weighted by Gasteiger charge is -2.38. The zero-order chi connectivity index (χ0) is 20.5. The van der Waals surface area contributed by atoms with Crippen molar-refractivity contribution in [1.82, 2.24) is 14.1 Å². The maximum atomic E-state index is 13.0. The molecule has 0 N–H and O–H groups in total. The number of piperidine rings is 1. The third-order valence-corrected chi connectivity index (χ3v) is 7.77. The van der Waals surface area contributed by atoms with Crippen LogP contribution in [0.2, 0.25) is 0 Å². The maximum absolute atomic E-state index is 13.0. The lowest BCUT2D eigenvalue weighted by Crippen LogP contribution is -2.54. The minimum absolute atomic E-state index is 0.00174. The van der Waals surface area contributed by atoms with E-state index in [0.717, 1.165) is 24.0 Å². The highest BCUT2D eigenvalue weighted by Gasteiger charge is 2.35. The monoisotopic (exact) mass is 407 g/mol. The summed E-state index contributed by atoms with van der Waals surface area (Å²) >= 11 is 0. The molecule has 7 nitrogen and oxygen atoms in total. The highest BCUT2D eigenvalue weighted by atomic mass is 32.2. The van der Waals surface area contributed by atoms with Crippen LogP contribution in [0.1, 0.15) is 30.9 Å². The Morgan fingerprint density at radius 2 is 1.68 bits per heavy atom. The van der Waals surface area contributed by atoms with Crippen LogP contribution in [0.25, 0.3) is 0 Å². The topological polar surface area (TPSA) is 78.0 Å². The fraction of sp³-hybridized carbons (Fsp3) is 0.600. The molecule has 0 bridgehead atoms. The number of amides is 2. The van der Waals surface area contributed by atoms with Crippen molar-refractivity contribution in [2.24, 2.45) is 5.92 Å². The van der Waals surface area contributed by atoms with Gasteiger partial charge in [0.15, 0.2) is 0 Å². The van der Waals surface area contributed by atoms with Gasteiger partial charge in [-0.2, -0.15) is 4.31 Å². The van der Waals surface area contributed by atoms with E-state index in [0.29, 0.717) is 44.2 Å². The highest BCUT2D eigenvalue weighted by Crippen LogP contribution is 2.24. The Kier molecular flexibility index (Phi) is 6.09. The molecule has 2 fully saturated rings. The second kappa shape index (κ2) is 8.21. The van der Waals surface area contributed by atoms with Gasteiger partial charge in [0.2, 0.25) is 21.8 Å². The van der Waals surface area contributed by atoms with E-state index in [9.17, 15) is 18.0 Å². The van der Waals surface area contributed by atoms with Gasteiger partial charge in [0.25, 0.3) is 0 Å². The molecule has 28 heavy (non-hydrogen) atoms. The van der Waals surface area contributed by atoms with E-state index in [1.54, 1.807) is 15.9 Å². The second-order valence-corrected chi connectivity index (χ2v) is 9.71. The number of hydrogen-bond acceptors (Lipinski definition) is 4. The van der Waals surface area contributed by atoms with E-state index in [-0.39, 0.29) is 17.7 Å². The quantitative estimate of drug-likeness (QED) is 0.759. The van der Waals surface area contributed by atoms with Crippen LogP contribution in [0, 0.1) is 19.8 Å². The number of nitrogens with zero attached hydrogens (tertiary/aromatic N) is 3. The van der Waals surface area contributed by atoms with E-state index < -0.39 is 10.0 Å². The van der Waals surface area contributed by atoms with Crippen LogP contribution in [0.15, 0.2) is 23.1 Å². The van der Waals surface area contributed by atoms with Gasteiger partial charge in [-0.1, -0.05) is 17.7 Å². The van der Waals surface area contributed by atoms with Crippen LogP contribution >= 0.6 is 0 Å². The van der Waals surface area contributed by atoms with Crippen molar-refractivity contribution in [3.63, 3.8) is 0 Å². The molecular formula is C20H29N3O4S. The molecule has 2 amide bonds. The van der Waals surface area contributed by atoms with E-state index in [1.807, 2.05) is 26.0 Å². The van der Waals surface area contributed by atoms with Crippen molar-refractivity contribution in [3.05, 3.63) is 29.3 Å². The van der Waals surface area contributed by atoms with E-state index >= 15 is 0 Å². The van der Waals surface area contributed by atoms with Crippen LogP contribution in [0.3, 0.4) is 0 Å². The average molecular weight is 408 g/mol. The smallest absolute Gasteiger partial charge is 0.243 e. The van der Waals surface area contributed by atoms with Gasteiger partial charge in [-0.05, 0) is 38.3 Å². The first kappa shape index (κ1) is 20.8. The molecule has 0 saturated carbocycles. The maximum Gasteiger partial charge on any atom is 0.243 e. The van der Waals surface area contributed by atoms with Crippen LogP contribution in [0.4, 0.5) is 0 Å². The molecule has 0 radical (unpaired) electrons. The van der Waals surface area contributed by atoms with Gasteiger partial charge in [0.1, 0.15) is 0 Å². The van der Waals surface area contributed by atoms with Crippen LogP contribution in [0.5, 0.6) is 0 Å². The van der Waals surface area contributed by atoms with Crippen molar-refractivity contribution >= 4 is 21.8 Å². The van der Waals surface area contributed by atoms with Gasteiger partial charge >= 0.3 is 0 Å². The number of likely N-dealkylation sites (tertiary alicyclic amines) is 1. The molecule has 3 rings (SSSR count). The Bertz CT molecular complexity index is 860. The van der Waals surface area contributed by atoms with Gasteiger partial charge in [-0.25, -0.2) is 8.42 Å². The van der Waals surface area contributed by atoms with E-state index in [2.05, 4.69) is 0 Å². The average Bonchev–Trinajstić information content (AvgIpc) is 2.67. The fourth-order valence-electron chi connectivity index (χ4n) is 4.10. The summed E-state index contributed by atoms with van der Waals surface area (Å²) in [6.45, 7) is 7.82. The molecule has 2 heterocycles. The summed E-state index contributed by atoms with van der Waals surface area (Å²) in [6.07, 6.45) is 1.61. The highest BCUT2D eigenvalue weighted by molar-refractivity contribution is 7.89. The zero-order valence-electron chi connectivity index (χ0n) is 16.8. The Labute approximate surface area is 167 Å². The molecule has 2 aliphatic heterocycles. The largest absolute Gasteiger partial charge is 0.342 e. The first-order valence-corrected chi connectivity index (χ1v) is 11.3. The molecule has 2 aliphatic rings. The third-order valence-electron chi connectivity index (χ3n) is 5.71. The number of carbonyl (C=O) groups excluding carboxylic acids is 2. The summed E-state index contributed by atoms with van der Waals surface area (Å²) in [4.78, 5) is 28.3. The van der Waals surface area contributed by atoms with Crippen molar-refractivity contribution in [2.75, 3.05) is 39.3 Å². The van der Waals surface area contributed by atoms with E-state index in [4.69, 9.17) is 0 Å². The molecule has 0 unspecified atom stereocenters. The Morgan fingerprint density at radius 1 is 1.00 bits per heavy atom. The SMILES string of the molecule is CC(=O)N1CCC[C@@H](C(=O)N2CCN(S(=O)(=O)c3ccc(C)cc3C)CC2)C1. The minimum atomic E-state index is -3.56. The van der Waals surface area contributed by atoms with Crippen molar-refractivity contribution in [2.45, 2.75) is 38.5 Å². The number of piperazine rings is 1. The number of carbonyl (C=O) groups is 2. The summed E-state index contributed by atoms with van der Waals surface area (Å²) in [5.41, 5.74) is 1.77. The van der Waals surface area contributed by atoms with Crippen molar-refractivity contribution in [1.29, 1.82) is 0 Å². The number of aryl methyl sites for hydroxylation is 2. The normalized spacial score (nSPS) is 21.6. The second-order valence-electron chi connectivity index (χ2n) is 7.80. The van der Waals surface area contributed by atoms with Gasteiger partial charge in [0, 0.05) is 46.2 Å². The molecule has 0 aromatic heterocycles. The number of sulfonamides is 1. The summed E-state index contributed by atoms with van der Waals surface area (Å²) in [6, 6.07) is 5.34. The molecule has 0 spiro atoms. The van der Waals surface area contributed by atoms with Crippen molar-refractivity contribution < 1.29 is 18.0 Å². The molecule has 1 aromatic rings. The standard InChI is InChI=1S/C20H29N3O4S/c1-15-6-7-19(16(2)13-15)28(26,27)23-11-9-21(10-12-23)20(25)18-5-4-8-22(14-18)17(3)24/h6-7,13,18H,4-5,8-12,14H2,1-3H3/t18-/m1/s1. The number of rotatable bonds is 3. The lowest BCUT2D eigenvalue weighted by atomic mass is 9.96. The Hall–Kier alpha value is -1.93. The molecule has 1 atom stereocenters. The molecular weight excluding hydrogens is 378 g/mol.